The molecule has 0 amide bonds. The molecule has 0 aliphatic heterocycles. The van der Waals surface area contributed by atoms with Gasteiger partial charge in [-0.25, -0.2) is 0 Å². The van der Waals surface area contributed by atoms with Crippen LogP contribution in [0.5, 0.6) is 0 Å². The second-order valence-electron chi connectivity index (χ2n) is 3.50. The third-order valence-electron chi connectivity index (χ3n) is 2.02. The number of carbonyl (C=O) groups is 3. The molecule has 1 N–H and O–H groups in total. The summed E-state index contributed by atoms with van der Waals surface area (Å²) in [5.74, 6) is -2.91. The Hall–Kier alpha value is -1.92. The number of carbonyl (C=O) groups excluding carboxylic acids is 2. The normalized spacial score (nSPS) is 13.9. The Bertz CT molecular complexity index is 351. The highest BCUT2D eigenvalue weighted by Gasteiger charge is 2.41. The van der Waals surface area contributed by atoms with Crippen LogP contribution in [-0.4, -0.2) is 49.0 Å². The van der Waals surface area contributed by atoms with Gasteiger partial charge in [0, 0.05) is 6.21 Å². The first-order chi connectivity index (χ1) is 8.38. The van der Waals surface area contributed by atoms with Crippen LogP contribution in [0.1, 0.15) is 20.8 Å². The van der Waals surface area contributed by atoms with E-state index in [0.717, 1.165) is 13.1 Å². The lowest BCUT2D eigenvalue weighted by Crippen LogP contribution is -2.39. The molecule has 0 fully saturated rings. The Labute approximate surface area is 105 Å². The van der Waals surface area contributed by atoms with Crippen molar-refractivity contribution in [2.24, 2.45) is 10.4 Å². The number of esters is 2. The maximum Gasteiger partial charge on any atom is 0.328 e. The minimum atomic E-state index is -1.90. The van der Waals surface area contributed by atoms with Gasteiger partial charge >= 0.3 is 17.9 Å². The monoisotopic (exact) mass is 259 g/mol. The molecule has 0 aliphatic rings. The van der Waals surface area contributed by atoms with Gasteiger partial charge in [-0.2, -0.15) is 0 Å². The molecule has 7 nitrogen and oxygen atoms in total. The van der Waals surface area contributed by atoms with E-state index in [-0.39, 0.29) is 19.8 Å². The van der Waals surface area contributed by atoms with Crippen LogP contribution >= 0.6 is 0 Å². The van der Waals surface area contributed by atoms with Crippen LogP contribution in [0.2, 0.25) is 0 Å². The molecule has 0 saturated heterocycles. The van der Waals surface area contributed by atoms with E-state index >= 15 is 0 Å². The van der Waals surface area contributed by atoms with Gasteiger partial charge in [0.05, 0.1) is 13.2 Å². The summed E-state index contributed by atoms with van der Waals surface area (Å²) in [6, 6.07) is 0. The zero-order chi connectivity index (χ0) is 14.2. The average Bonchev–Trinajstić information content (AvgIpc) is 2.29. The molecule has 0 heterocycles. The van der Waals surface area contributed by atoms with Crippen LogP contribution in [-0.2, 0) is 23.9 Å². The molecule has 0 spiro atoms. The summed E-state index contributed by atoms with van der Waals surface area (Å²) in [5.41, 5.74) is -1.90. The maximum atomic E-state index is 11.5. The summed E-state index contributed by atoms with van der Waals surface area (Å²) in [6.45, 7) is 4.30. The maximum absolute atomic E-state index is 11.5. The van der Waals surface area contributed by atoms with Crippen molar-refractivity contribution in [2.45, 2.75) is 20.8 Å². The molecule has 18 heavy (non-hydrogen) atoms. The van der Waals surface area contributed by atoms with E-state index in [4.69, 9.17) is 5.11 Å². The van der Waals surface area contributed by atoms with Crippen molar-refractivity contribution >= 4 is 24.1 Å². The molecule has 0 bridgehead atoms. The third-order valence-corrected chi connectivity index (χ3v) is 2.02. The zero-order valence-electron chi connectivity index (χ0n) is 10.6. The van der Waals surface area contributed by atoms with Crippen molar-refractivity contribution in [3.8, 4) is 0 Å². The number of nitrogens with zero attached hydrogens (tertiary/aromatic N) is 1. The SMILES string of the molecule is CCOC(=O)CN=CC(C)(C(=O)O)C(=O)OCC. The van der Waals surface area contributed by atoms with Gasteiger partial charge in [-0.1, -0.05) is 0 Å². The van der Waals surface area contributed by atoms with E-state index in [1.54, 1.807) is 13.8 Å². The molecule has 0 aromatic rings. The average molecular weight is 259 g/mol. The van der Waals surface area contributed by atoms with E-state index in [2.05, 4.69) is 14.5 Å². The number of aliphatic carboxylic acids is 1. The summed E-state index contributed by atoms with van der Waals surface area (Å²) in [7, 11) is 0. The Kier molecular flexibility index (Phi) is 6.62. The number of carboxylic acids is 1. The molecule has 0 aromatic carbocycles. The van der Waals surface area contributed by atoms with Crippen molar-refractivity contribution < 1.29 is 29.0 Å². The van der Waals surface area contributed by atoms with Crippen LogP contribution in [0.4, 0.5) is 0 Å². The summed E-state index contributed by atoms with van der Waals surface area (Å²) >= 11 is 0. The second kappa shape index (κ2) is 7.41. The van der Waals surface area contributed by atoms with Crippen LogP contribution in [0, 0.1) is 5.41 Å². The summed E-state index contributed by atoms with van der Waals surface area (Å²) < 4.78 is 9.25. The molecule has 102 valence electrons. The molecule has 1 unspecified atom stereocenters. The molecule has 1 atom stereocenters. The molecule has 0 rings (SSSR count). The number of rotatable bonds is 7. The Morgan fingerprint density at radius 1 is 1.22 bits per heavy atom. The van der Waals surface area contributed by atoms with E-state index in [9.17, 15) is 14.4 Å². The first-order valence-electron chi connectivity index (χ1n) is 5.45. The van der Waals surface area contributed by atoms with Gasteiger partial charge in [-0.05, 0) is 20.8 Å². The number of carboxylic acid groups (broad SMARTS) is 1. The van der Waals surface area contributed by atoms with Gasteiger partial charge in [0.25, 0.3) is 0 Å². The molecule has 0 aliphatic carbocycles. The van der Waals surface area contributed by atoms with Gasteiger partial charge in [0.1, 0.15) is 6.54 Å². The molecular weight excluding hydrogens is 242 g/mol. The number of hydrogen-bond donors (Lipinski definition) is 1. The standard InChI is InChI=1S/C11H17NO6/c1-4-17-8(13)6-12-7-11(3,9(14)15)10(16)18-5-2/h7H,4-6H2,1-3H3,(H,14,15). The smallest absolute Gasteiger partial charge is 0.328 e. The number of ether oxygens (including phenoxy) is 2. The zero-order valence-corrected chi connectivity index (χ0v) is 10.6. The van der Waals surface area contributed by atoms with Crippen LogP contribution in [0.25, 0.3) is 0 Å². The summed E-state index contributed by atoms with van der Waals surface area (Å²) in [4.78, 5) is 37.1. The fourth-order valence-electron chi connectivity index (χ4n) is 0.986. The minimum absolute atomic E-state index is 0.0629. The van der Waals surface area contributed by atoms with Crippen LogP contribution in [0.15, 0.2) is 4.99 Å². The fraction of sp³-hybridized carbons (Fsp3) is 0.636. The van der Waals surface area contributed by atoms with Crippen molar-refractivity contribution in [3.05, 3.63) is 0 Å². The van der Waals surface area contributed by atoms with Crippen molar-refractivity contribution in [2.75, 3.05) is 19.8 Å². The van der Waals surface area contributed by atoms with E-state index in [1.807, 2.05) is 0 Å². The van der Waals surface area contributed by atoms with Gasteiger partial charge in [-0.3, -0.25) is 19.4 Å². The van der Waals surface area contributed by atoms with Gasteiger partial charge in [0.15, 0.2) is 5.41 Å². The van der Waals surface area contributed by atoms with Crippen molar-refractivity contribution in [1.82, 2.24) is 0 Å². The lowest BCUT2D eigenvalue weighted by atomic mass is 9.93. The molecule has 0 aromatic heterocycles. The molecular formula is C11H17NO6. The molecule has 0 radical (unpaired) electrons. The highest BCUT2D eigenvalue weighted by Crippen LogP contribution is 2.16. The van der Waals surface area contributed by atoms with Crippen molar-refractivity contribution in [3.63, 3.8) is 0 Å². The second-order valence-corrected chi connectivity index (χ2v) is 3.50. The van der Waals surface area contributed by atoms with Gasteiger partial charge in [0.2, 0.25) is 0 Å². The minimum Gasteiger partial charge on any atom is -0.480 e. The summed E-state index contributed by atoms with van der Waals surface area (Å²) in [6.07, 6.45) is 0.893. The van der Waals surface area contributed by atoms with E-state index in [1.165, 1.54) is 0 Å². The first kappa shape index (κ1) is 16.1. The lowest BCUT2D eigenvalue weighted by molar-refractivity contribution is -0.161. The lowest BCUT2D eigenvalue weighted by Gasteiger charge is -2.17. The largest absolute Gasteiger partial charge is 0.480 e. The number of hydrogen-bond acceptors (Lipinski definition) is 6. The summed E-state index contributed by atoms with van der Waals surface area (Å²) in [5, 5.41) is 8.99. The first-order valence-corrected chi connectivity index (χ1v) is 5.45. The Morgan fingerprint density at radius 2 is 1.78 bits per heavy atom. The fourth-order valence-corrected chi connectivity index (χ4v) is 0.986. The predicted molar refractivity (Wildman–Crippen MR) is 62.4 cm³/mol. The molecule has 0 saturated carbocycles. The van der Waals surface area contributed by atoms with E-state index in [0.29, 0.717) is 0 Å². The van der Waals surface area contributed by atoms with Gasteiger partial charge in [-0.15, -0.1) is 0 Å². The Balaban J connectivity index is 4.72. The van der Waals surface area contributed by atoms with E-state index < -0.39 is 23.3 Å². The third kappa shape index (κ3) is 4.52. The highest BCUT2D eigenvalue weighted by molar-refractivity contribution is 6.13. The Morgan fingerprint density at radius 3 is 2.22 bits per heavy atom. The van der Waals surface area contributed by atoms with Crippen LogP contribution in [0.3, 0.4) is 0 Å². The molecule has 7 heteroatoms. The van der Waals surface area contributed by atoms with Gasteiger partial charge < -0.3 is 14.6 Å². The van der Waals surface area contributed by atoms with Crippen LogP contribution < -0.4 is 0 Å². The highest BCUT2D eigenvalue weighted by atomic mass is 16.5. The van der Waals surface area contributed by atoms with Crippen molar-refractivity contribution in [1.29, 1.82) is 0 Å². The topological polar surface area (TPSA) is 102 Å². The number of aliphatic imine (C=N–C) groups is 1. The quantitative estimate of drug-likeness (QED) is 0.400. The predicted octanol–water partition coefficient (Wildman–Crippen LogP) is 0.274.